The number of piperazine rings is 1. The van der Waals surface area contributed by atoms with Gasteiger partial charge in [0, 0.05) is 37.7 Å². The van der Waals surface area contributed by atoms with Crippen molar-refractivity contribution in [3.8, 4) is 5.88 Å². The number of aromatic hydroxyl groups is 1. The summed E-state index contributed by atoms with van der Waals surface area (Å²) in [6.07, 6.45) is -8.96. The number of aliphatic hydroxyl groups excluding tert-OH is 1. The molecule has 0 spiro atoms. The molecule has 206 valence electrons. The average Bonchev–Trinajstić information content (AvgIpc) is 3.52. The van der Waals surface area contributed by atoms with Crippen LogP contribution in [0, 0.1) is 0 Å². The van der Waals surface area contributed by atoms with Crippen molar-refractivity contribution in [1.29, 1.82) is 0 Å². The summed E-state index contributed by atoms with van der Waals surface area (Å²) in [4.78, 5) is 6.26. The van der Waals surface area contributed by atoms with Crippen LogP contribution in [0.4, 0.5) is 31.5 Å². The third kappa shape index (κ3) is 5.63. The summed E-state index contributed by atoms with van der Waals surface area (Å²) in [5.74, 6) is -0.414. The third-order valence-electron chi connectivity index (χ3n) is 6.47. The highest BCUT2D eigenvalue weighted by atomic mass is 32.1. The second-order valence-corrected chi connectivity index (χ2v) is 10.0. The van der Waals surface area contributed by atoms with Gasteiger partial charge in [-0.25, -0.2) is 0 Å². The van der Waals surface area contributed by atoms with Gasteiger partial charge in [0.05, 0.1) is 34.2 Å². The lowest BCUT2D eigenvalue weighted by Gasteiger charge is -2.32. The van der Waals surface area contributed by atoms with Gasteiger partial charge in [-0.05, 0) is 40.6 Å². The zero-order valence-corrected chi connectivity index (χ0v) is 20.8. The Bertz CT molecular complexity index is 1550. The van der Waals surface area contributed by atoms with Gasteiger partial charge >= 0.3 is 12.4 Å². The summed E-state index contributed by atoms with van der Waals surface area (Å²) in [7, 11) is 0. The molecule has 3 heterocycles. The Kier molecular flexibility index (Phi) is 7.11. The van der Waals surface area contributed by atoms with Gasteiger partial charge in [-0.2, -0.15) is 41.5 Å². The van der Waals surface area contributed by atoms with Crippen LogP contribution in [0.15, 0.2) is 46.6 Å². The Hall–Kier alpha value is -3.49. The second kappa shape index (κ2) is 10.2. The lowest BCUT2D eigenvalue weighted by Crippen LogP contribution is -2.52. The van der Waals surface area contributed by atoms with Crippen molar-refractivity contribution in [1.82, 2.24) is 10.3 Å². The van der Waals surface area contributed by atoms with Crippen molar-refractivity contribution >= 4 is 28.3 Å². The number of nitrogens with zero attached hydrogens (tertiary/aromatic N) is 4. The maximum atomic E-state index is 13.9. The number of thiazole rings is 1. The SMILES string of the molecule is OC[C@@H]1CN(c2nc(O)c(/C(Cc3ccc(C(F)(F)F)cc3C(F)(F)F)=c3\ccc4c(c3)C=NN=4)s2)CCN1. The van der Waals surface area contributed by atoms with Crippen LogP contribution in [-0.2, 0) is 18.8 Å². The molecule has 1 saturated heterocycles. The number of benzene rings is 2. The Morgan fingerprint density at radius 1 is 1.08 bits per heavy atom. The first kappa shape index (κ1) is 27.1. The number of nitrogens with one attached hydrogen (secondary N) is 1. The van der Waals surface area contributed by atoms with E-state index in [0.717, 1.165) is 17.4 Å². The van der Waals surface area contributed by atoms with E-state index in [2.05, 4.69) is 20.5 Å². The van der Waals surface area contributed by atoms with E-state index in [1.54, 1.807) is 18.2 Å². The fourth-order valence-electron chi connectivity index (χ4n) is 4.52. The van der Waals surface area contributed by atoms with Crippen LogP contribution in [0.25, 0.3) is 5.57 Å². The Balaban J connectivity index is 1.65. The molecule has 39 heavy (non-hydrogen) atoms. The van der Waals surface area contributed by atoms with Crippen molar-refractivity contribution in [3.63, 3.8) is 0 Å². The topological polar surface area (TPSA) is 93.3 Å². The number of aliphatic hydroxyl groups is 1. The molecule has 14 heteroatoms. The normalized spacial score (nSPS) is 18.2. The van der Waals surface area contributed by atoms with Gasteiger partial charge in [0.15, 0.2) is 5.13 Å². The molecule has 0 radical (unpaired) electrons. The van der Waals surface area contributed by atoms with Crippen molar-refractivity contribution in [3.05, 3.63) is 74.1 Å². The molecule has 0 unspecified atom stereocenters. The van der Waals surface area contributed by atoms with Gasteiger partial charge in [-0.3, -0.25) is 0 Å². The standard InChI is InChI=1S/C25H21F6N5O2S/c26-24(27,28)16-3-1-14(19(9-16)25(29,30)31)8-18(13-2-4-20-15(7-13)10-33-35-20)21-22(38)34-23(39-21)36-6-5-32-17(11-36)12-37/h1-4,7,9-10,17,32,37-38H,5-6,8,11-12H2/b18-13+/t17-/m0/s1. The predicted molar refractivity (Wildman–Crippen MR) is 132 cm³/mol. The van der Waals surface area contributed by atoms with Crippen LogP contribution >= 0.6 is 11.3 Å². The van der Waals surface area contributed by atoms with Crippen LogP contribution in [0.1, 0.15) is 27.1 Å². The molecule has 7 nitrogen and oxygen atoms in total. The van der Waals surface area contributed by atoms with Gasteiger partial charge in [0.2, 0.25) is 5.88 Å². The fourth-order valence-corrected chi connectivity index (χ4v) is 5.58. The molecule has 1 fully saturated rings. The van der Waals surface area contributed by atoms with E-state index < -0.39 is 35.8 Å². The van der Waals surface area contributed by atoms with Crippen LogP contribution in [-0.4, -0.2) is 53.7 Å². The molecule has 0 bridgehead atoms. The zero-order valence-electron chi connectivity index (χ0n) is 20.0. The lowest BCUT2D eigenvalue weighted by atomic mass is 9.94. The first-order chi connectivity index (χ1) is 18.4. The van der Waals surface area contributed by atoms with Gasteiger partial charge in [-0.1, -0.05) is 23.5 Å². The highest BCUT2D eigenvalue weighted by Crippen LogP contribution is 2.41. The van der Waals surface area contributed by atoms with Crippen molar-refractivity contribution in [2.24, 2.45) is 10.2 Å². The maximum absolute atomic E-state index is 13.9. The molecule has 3 aromatic rings. The van der Waals surface area contributed by atoms with Crippen LogP contribution in [0.2, 0.25) is 0 Å². The summed E-state index contributed by atoms with van der Waals surface area (Å²) in [5, 5.41) is 32.7. The molecular weight excluding hydrogens is 548 g/mol. The number of halogens is 6. The van der Waals surface area contributed by atoms with Crippen molar-refractivity contribution < 1.29 is 36.6 Å². The van der Waals surface area contributed by atoms with E-state index in [4.69, 9.17) is 0 Å². The number of hydrogen-bond acceptors (Lipinski definition) is 8. The first-order valence-electron chi connectivity index (χ1n) is 11.7. The summed E-state index contributed by atoms with van der Waals surface area (Å²) >= 11 is 1.05. The number of aromatic nitrogens is 1. The molecule has 3 N–H and O–H groups in total. The van der Waals surface area contributed by atoms with E-state index in [-0.39, 0.29) is 34.7 Å². The molecular formula is C25H21F6N5O2S. The zero-order chi connectivity index (χ0) is 27.9. The van der Waals surface area contributed by atoms with Crippen LogP contribution in [0.3, 0.4) is 0 Å². The molecule has 0 amide bonds. The van der Waals surface area contributed by atoms with E-state index in [1.165, 1.54) is 6.21 Å². The summed E-state index contributed by atoms with van der Waals surface area (Å²) in [5.41, 5.74) is -2.36. The second-order valence-electron chi connectivity index (χ2n) is 9.07. The molecule has 5 rings (SSSR count). The molecule has 1 aromatic heterocycles. The van der Waals surface area contributed by atoms with E-state index in [9.17, 15) is 36.6 Å². The monoisotopic (exact) mass is 569 g/mol. The minimum Gasteiger partial charge on any atom is -0.492 e. The largest absolute Gasteiger partial charge is 0.492 e. The van der Waals surface area contributed by atoms with Gasteiger partial charge in [0.1, 0.15) is 0 Å². The minimum atomic E-state index is -5.05. The average molecular weight is 570 g/mol. The molecule has 0 aliphatic carbocycles. The molecule has 2 aliphatic heterocycles. The van der Waals surface area contributed by atoms with Crippen molar-refractivity contribution in [2.45, 2.75) is 24.8 Å². The van der Waals surface area contributed by atoms with Gasteiger partial charge in [0.25, 0.3) is 0 Å². The quantitative estimate of drug-likeness (QED) is 0.411. The van der Waals surface area contributed by atoms with Crippen molar-refractivity contribution in [2.75, 3.05) is 31.1 Å². The smallest absolute Gasteiger partial charge is 0.416 e. The molecule has 2 aromatic carbocycles. The Morgan fingerprint density at radius 3 is 2.59 bits per heavy atom. The first-order valence-corrected chi connectivity index (χ1v) is 12.6. The lowest BCUT2D eigenvalue weighted by molar-refractivity contribution is -0.143. The van der Waals surface area contributed by atoms with E-state index in [0.29, 0.717) is 47.0 Å². The number of anilines is 1. The van der Waals surface area contributed by atoms with E-state index >= 15 is 0 Å². The molecule has 1 atom stereocenters. The maximum Gasteiger partial charge on any atom is 0.416 e. The summed E-state index contributed by atoms with van der Waals surface area (Å²) in [6, 6.07) is 6.19. The van der Waals surface area contributed by atoms with Crippen LogP contribution in [0.5, 0.6) is 5.88 Å². The number of rotatable bonds is 5. The minimum absolute atomic E-state index is 0.106. The molecule has 0 saturated carbocycles. The van der Waals surface area contributed by atoms with E-state index in [1.807, 2.05) is 4.90 Å². The van der Waals surface area contributed by atoms with Gasteiger partial charge < -0.3 is 20.4 Å². The Morgan fingerprint density at radius 2 is 1.87 bits per heavy atom. The highest BCUT2D eigenvalue weighted by molar-refractivity contribution is 7.17. The van der Waals surface area contributed by atoms with Gasteiger partial charge in [-0.15, -0.1) is 0 Å². The van der Waals surface area contributed by atoms with Crippen LogP contribution < -0.4 is 20.8 Å². The molecule has 2 aliphatic rings. The fraction of sp³-hybridized carbons (Fsp3) is 0.320. The number of fused-ring (bicyclic) bond motifs is 1. The number of hydrogen-bond donors (Lipinski definition) is 3. The Labute approximate surface area is 221 Å². The highest BCUT2D eigenvalue weighted by Gasteiger charge is 2.38. The summed E-state index contributed by atoms with van der Waals surface area (Å²) < 4.78 is 81.6. The predicted octanol–water partition coefficient (Wildman–Crippen LogP) is 3.07. The number of alkyl halides is 6. The third-order valence-corrected chi connectivity index (χ3v) is 7.63. The summed E-state index contributed by atoms with van der Waals surface area (Å²) in [6.45, 7) is 1.35.